The summed E-state index contributed by atoms with van der Waals surface area (Å²) in [4.78, 5) is 16.1. The zero-order chi connectivity index (χ0) is 17.2. The summed E-state index contributed by atoms with van der Waals surface area (Å²) in [5.74, 6) is 1.20. The summed E-state index contributed by atoms with van der Waals surface area (Å²) < 4.78 is 2.36. The van der Waals surface area contributed by atoms with Gasteiger partial charge in [0.15, 0.2) is 0 Å². The highest BCUT2D eigenvalue weighted by Gasteiger charge is 2.22. The fraction of sp³-hybridized carbons (Fsp3) is 0.450. The summed E-state index contributed by atoms with van der Waals surface area (Å²) in [6.07, 6.45) is 10.2. The average Bonchev–Trinajstić information content (AvgIpc) is 3.00. The molecule has 1 aromatic carbocycles. The SMILES string of the molecule is CCn1c(CC2CCCCN2C)nc2cc(-c3cnccn3)ccc21. The predicted molar refractivity (Wildman–Crippen MR) is 100 cm³/mol. The summed E-state index contributed by atoms with van der Waals surface area (Å²) in [5, 5.41) is 0. The van der Waals surface area contributed by atoms with Crippen molar-refractivity contribution in [3.05, 3.63) is 42.6 Å². The Morgan fingerprint density at radius 3 is 2.88 bits per heavy atom. The van der Waals surface area contributed by atoms with Crippen LogP contribution in [0.15, 0.2) is 36.8 Å². The molecule has 0 amide bonds. The number of hydrogen-bond acceptors (Lipinski definition) is 4. The third kappa shape index (κ3) is 3.16. The normalized spacial score (nSPS) is 18.7. The van der Waals surface area contributed by atoms with Crippen molar-refractivity contribution in [1.29, 1.82) is 0 Å². The van der Waals surface area contributed by atoms with Crippen molar-refractivity contribution in [2.75, 3.05) is 13.6 Å². The first-order valence-corrected chi connectivity index (χ1v) is 9.22. The summed E-state index contributed by atoms with van der Waals surface area (Å²) >= 11 is 0. The van der Waals surface area contributed by atoms with E-state index < -0.39 is 0 Å². The van der Waals surface area contributed by atoms with Gasteiger partial charge in [-0.15, -0.1) is 0 Å². The molecule has 25 heavy (non-hydrogen) atoms. The lowest BCUT2D eigenvalue weighted by molar-refractivity contribution is 0.182. The molecule has 5 heteroatoms. The quantitative estimate of drug-likeness (QED) is 0.732. The monoisotopic (exact) mass is 335 g/mol. The maximum absolute atomic E-state index is 4.99. The number of aryl methyl sites for hydroxylation is 1. The number of piperidine rings is 1. The summed E-state index contributed by atoms with van der Waals surface area (Å²) in [7, 11) is 2.24. The number of hydrogen-bond donors (Lipinski definition) is 0. The lowest BCUT2D eigenvalue weighted by atomic mass is 10.00. The second kappa shape index (κ2) is 6.92. The Kier molecular flexibility index (Phi) is 4.49. The van der Waals surface area contributed by atoms with E-state index in [4.69, 9.17) is 4.98 Å². The Hall–Kier alpha value is -2.27. The number of fused-ring (bicyclic) bond motifs is 1. The van der Waals surface area contributed by atoms with Crippen molar-refractivity contribution >= 4 is 11.0 Å². The number of nitrogens with zero attached hydrogens (tertiary/aromatic N) is 5. The lowest BCUT2D eigenvalue weighted by Gasteiger charge is -2.32. The number of likely N-dealkylation sites (tertiary alicyclic amines) is 1. The molecule has 1 fully saturated rings. The Morgan fingerprint density at radius 2 is 2.12 bits per heavy atom. The fourth-order valence-corrected chi connectivity index (χ4v) is 3.91. The van der Waals surface area contributed by atoms with Crippen molar-refractivity contribution in [2.45, 2.75) is 45.2 Å². The zero-order valence-electron chi connectivity index (χ0n) is 15.0. The van der Waals surface area contributed by atoms with Gasteiger partial charge in [0.05, 0.1) is 22.9 Å². The van der Waals surface area contributed by atoms with Gasteiger partial charge in [-0.05, 0) is 45.5 Å². The fourth-order valence-electron chi connectivity index (χ4n) is 3.91. The minimum atomic E-state index is 0.607. The van der Waals surface area contributed by atoms with Gasteiger partial charge in [-0.3, -0.25) is 9.97 Å². The van der Waals surface area contributed by atoms with Crippen molar-refractivity contribution in [1.82, 2.24) is 24.4 Å². The maximum Gasteiger partial charge on any atom is 0.111 e. The summed E-state index contributed by atoms with van der Waals surface area (Å²) in [6, 6.07) is 7.04. The number of imidazole rings is 1. The lowest BCUT2D eigenvalue weighted by Crippen LogP contribution is -2.38. The Bertz CT molecular complexity index is 855. The molecule has 2 aromatic heterocycles. The number of aromatic nitrogens is 4. The van der Waals surface area contributed by atoms with Crippen molar-refractivity contribution in [3.8, 4) is 11.3 Å². The maximum atomic E-state index is 4.99. The van der Waals surface area contributed by atoms with Gasteiger partial charge in [0, 0.05) is 37.0 Å². The Balaban J connectivity index is 1.70. The average molecular weight is 335 g/mol. The third-order valence-corrected chi connectivity index (χ3v) is 5.34. The van der Waals surface area contributed by atoms with E-state index in [0.717, 1.165) is 29.7 Å². The summed E-state index contributed by atoms with van der Waals surface area (Å²) in [5.41, 5.74) is 4.23. The molecule has 5 nitrogen and oxygen atoms in total. The standard InChI is InChI=1S/C20H25N5/c1-3-25-19-8-7-15(18-14-21-9-10-22-18)12-17(19)23-20(25)13-16-6-4-5-11-24(16)2/h7-10,12,14,16H,3-6,11,13H2,1-2H3. The minimum absolute atomic E-state index is 0.607. The first kappa shape index (κ1) is 16.2. The van der Waals surface area contributed by atoms with Gasteiger partial charge in [-0.2, -0.15) is 0 Å². The molecule has 0 bridgehead atoms. The van der Waals surface area contributed by atoms with E-state index in [1.807, 2.05) is 0 Å². The third-order valence-electron chi connectivity index (χ3n) is 5.34. The van der Waals surface area contributed by atoms with Gasteiger partial charge < -0.3 is 9.47 Å². The molecule has 0 radical (unpaired) electrons. The van der Waals surface area contributed by atoms with Gasteiger partial charge in [-0.1, -0.05) is 12.5 Å². The first-order valence-electron chi connectivity index (χ1n) is 9.22. The van der Waals surface area contributed by atoms with E-state index in [1.165, 1.54) is 37.1 Å². The van der Waals surface area contributed by atoms with Crippen LogP contribution in [0.3, 0.4) is 0 Å². The van der Waals surface area contributed by atoms with Gasteiger partial charge >= 0.3 is 0 Å². The number of rotatable bonds is 4. The highest BCUT2D eigenvalue weighted by molar-refractivity contribution is 5.81. The van der Waals surface area contributed by atoms with Crippen molar-refractivity contribution in [3.63, 3.8) is 0 Å². The van der Waals surface area contributed by atoms with Crippen LogP contribution in [-0.4, -0.2) is 44.1 Å². The second-order valence-corrected chi connectivity index (χ2v) is 6.90. The van der Waals surface area contributed by atoms with Crippen LogP contribution in [0.5, 0.6) is 0 Å². The predicted octanol–water partition coefficient (Wildman–Crippen LogP) is 3.54. The van der Waals surface area contributed by atoms with Crippen LogP contribution in [0.4, 0.5) is 0 Å². The topological polar surface area (TPSA) is 46.8 Å². The van der Waals surface area contributed by atoms with Crippen LogP contribution in [-0.2, 0) is 13.0 Å². The van der Waals surface area contributed by atoms with Gasteiger partial charge in [0.1, 0.15) is 5.82 Å². The molecule has 1 aliphatic heterocycles. The molecule has 1 saturated heterocycles. The Morgan fingerprint density at radius 1 is 1.20 bits per heavy atom. The highest BCUT2D eigenvalue weighted by Crippen LogP contribution is 2.25. The van der Waals surface area contributed by atoms with Crippen LogP contribution in [0.25, 0.3) is 22.3 Å². The molecule has 3 heterocycles. The molecule has 0 aliphatic carbocycles. The Labute approximate surface area is 148 Å². The smallest absolute Gasteiger partial charge is 0.111 e. The molecule has 0 spiro atoms. The van der Waals surface area contributed by atoms with E-state index in [0.29, 0.717) is 6.04 Å². The molecular formula is C20H25N5. The first-order chi connectivity index (χ1) is 12.3. The van der Waals surface area contributed by atoms with E-state index in [9.17, 15) is 0 Å². The van der Waals surface area contributed by atoms with E-state index in [-0.39, 0.29) is 0 Å². The van der Waals surface area contributed by atoms with Crippen LogP contribution in [0.2, 0.25) is 0 Å². The van der Waals surface area contributed by atoms with E-state index in [2.05, 4.69) is 51.6 Å². The van der Waals surface area contributed by atoms with Crippen LogP contribution >= 0.6 is 0 Å². The molecule has 0 saturated carbocycles. The molecule has 0 N–H and O–H groups in total. The molecule has 3 aromatic rings. The van der Waals surface area contributed by atoms with Crippen LogP contribution in [0.1, 0.15) is 32.0 Å². The molecule has 130 valence electrons. The molecule has 1 unspecified atom stereocenters. The van der Waals surface area contributed by atoms with Crippen LogP contribution in [0, 0.1) is 0 Å². The van der Waals surface area contributed by atoms with Gasteiger partial charge in [0.25, 0.3) is 0 Å². The highest BCUT2D eigenvalue weighted by atomic mass is 15.1. The van der Waals surface area contributed by atoms with Gasteiger partial charge in [0.2, 0.25) is 0 Å². The zero-order valence-corrected chi connectivity index (χ0v) is 15.0. The number of benzene rings is 1. The van der Waals surface area contributed by atoms with E-state index in [1.54, 1.807) is 18.6 Å². The number of likely N-dealkylation sites (N-methyl/N-ethyl adjacent to an activating group) is 1. The van der Waals surface area contributed by atoms with Gasteiger partial charge in [-0.25, -0.2) is 4.98 Å². The van der Waals surface area contributed by atoms with Crippen LogP contribution < -0.4 is 0 Å². The van der Waals surface area contributed by atoms with E-state index >= 15 is 0 Å². The second-order valence-electron chi connectivity index (χ2n) is 6.90. The molecule has 1 atom stereocenters. The largest absolute Gasteiger partial charge is 0.328 e. The molecular weight excluding hydrogens is 310 g/mol. The molecule has 1 aliphatic rings. The minimum Gasteiger partial charge on any atom is -0.328 e. The summed E-state index contributed by atoms with van der Waals surface area (Å²) in [6.45, 7) is 4.35. The van der Waals surface area contributed by atoms with Crippen molar-refractivity contribution in [2.24, 2.45) is 0 Å². The van der Waals surface area contributed by atoms with Crippen molar-refractivity contribution < 1.29 is 0 Å². The molecule has 4 rings (SSSR count).